The van der Waals surface area contributed by atoms with Gasteiger partial charge in [-0.05, 0) is 18.2 Å². The molecule has 0 aliphatic heterocycles. The number of hydrazine groups is 1. The Balaban J connectivity index is 2.22. The number of ether oxygens (including phenoxy) is 1. The van der Waals surface area contributed by atoms with Gasteiger partial charge in [0.15, 0.2) is 11.6 Å². The minimum atomic E-state index is -0.859. The number of halogens is 2. The van der Waals surface area contributed by atoms with Crippen molar-refractivity contribution in [1.82, 2.24) is 0 Å². The first-order chi connectivity index (χ1) is 10.0. The molecule has 0 unspecified atom stereocenters. The minimum absolute atomic E-state index is 0.146. The Hall–Kier alpha value is -2.74. The summed E-state index contributed by atoms with van der Waals surface area (Å²) in [5, 5.41) is 10.7. The Morgan fingerprint density at radius 2 is 2.00 bits per heavy atom. The van der Waals surface area contributed by atoms with Crippen molar-refractivity contribution in [3.8, 4) is 5.75 Å². The fourth-order valence-electron chi connectivity index (χ4n) is 1.70. The lowest BCUT2D eigenvalue weighted by molar-refractivity contribution is -0.384. The number of nitro benzene ring substituents is 1. The molecule has 0 spiro atoms. The van der Waals surface area contributed by atoms with Crippen LogP contribution in [0.25, 0.3) is 0 Å². The fourth-order valence-corrected chi connectivity index (χ4v) is 1.70. The summed E-state index contributed by atoms with van der Waals surface area (Å²) in [4.78, 5) is 10.2. The van der Waals surface area contributed by atoms with Gasteiger partial charge in [0, 0.05) is 23.8 Å². The largest absolute Gasteiger partial charge is 0.486 e. The third-order valence-electron chi connectivity index (χ3n) is 2.73. The molecule has 0 heterocycles. The molecule has 0 radical (unpaired) electrons. The van der Waals surface area contributed by atoms with Gasteiger partial charge in [0.05, 0.1) is 10.6 Å². The van der Waals surface area contributed by atoms with Gasteiger partial charge in [0.1, 0.15) is 12.4 Å². The molecule has 2 aromatic carbocycles. The summed E-state index contributed by atoms with van der Waals surface area (Å²) in [6, 6.07) is 6.82. The quantitative estimate of drug-likeness (QED) is 0.503. The standard InChI is InChI=1S/C13H11F2N3O3/c14-9-1-4-13(11(15)6-9)21-7-8-5-10(18(19)20)2-3-12(8)17-16/h1-6,17H,7,16H2. The van der Waals surface area contributed by atoms with E-state index in [1.807, 2.05) is 0 Å². The number of nitro groups is 1. The molecule has 0 fully saturated rings. The third-order valence-corrected chi connectivity index (χ3v) is 2.73. The van der Waals surface area contributed by atoms with Gasteiger partial charge in [-0.2, -0.15) is 0 Å². The van der Waals surface area contributed by atoms with Crippen LogP contribution in [0.4, 0.5) is 20.2 Å². The van der Waals surface area contributed by atoms with Crippen LogP contribution in [0.1, 0.15) is 5.56 Å². The van der Waals surface area contributed by atoms with Crippen LogP contribution in [0.3, 0.4) is 0 Å². The second-order valence-electron chi connectivity index (χ2n) is 4.11. The van der Waals surface area contributed by atoms with E-state index >= 15 is 0 Å². The molecule has 21 heavy (non-hydrogen) atoms. The normalized spacial score (nSPS) is 10.2. The maximum absolute atomic E-state index is 13.4. The van der Waals surface area contributed by atoms with Crippen molar-refractivity contribution in [1.29, 1.82) is 0 Å². The zero-order valence-electron chi connectivity index (χ0n) is 10.7. The topological polar surface area (TPSA) is 90.4 Å². The predicted octanol–water partition coefficient (Wildman–Crippen LogP) is 2.74. The number of hydrogen-bond donors (Lipinski definition) is 2. The Bertz CT molecular complexity index is 680. The summed E-state index contributed by atoms with van der Waals surface area (Å²) in [6.45, 7) is -0.163. The van der Waals surface area contributed by atoms with Crippen molar-refractivity contribution in [3.05, 3.63) is 63.7 Å². The van der Waals surface area contributed by atoms with Crippen LogP contribution in [0, 0.1) is 21.7 Å². The number of benzene rings is 2. The summed E-state index contributed by atoms with van der Waals surface area (Å²) in [5.74, 6) is 3.55. The zero-order valence-corrected chi connectivity index (χ0v) is 10.7. The van der Waals surface area contributed by atoms with Gasteiger partial charge < -0.3 is 10.2 Å². The zero-order chi connectivity index (χ0) is 15.4. The van der Waals surface area contributed by atoms with Crippen molar-refractivity contribution in [2.75, 3.05) is 5.43 Å². The lowest BCUT2D eigenvalue weighted by atomic mass is 10.1. The van der Waals surface area contributed by atoms with E-state index in [4.69, 9.17) is 10.6 Å². The first-order valence-corrected chi connectivity index (χ1v) is 5.83. The summed E-state index contributed by atoms with van der Waals surface area (Å²) in [6.07, 6.45) is 0. The van der Waals surface area contributed by atoms with Gasteiger partial charge in [-0.15, -0.1) is 0 Å². The Morgan fingerprint density at radius 3 is 2.62 bits per heavy atom. The van der Waals surface area contributed by atoms with E-state index in [0.29, 0.717) is 17.3 Å². The molecule has 2 aromatic rings. The first-order valence-electron chi connectivity index (χ1n) is 5.83. The minimum Gasteiger partial charge on any atom is -0.486 e. The van der Waals surface area contributed by atoms with Crippen molar-refractivity contribution in [2.24, 2.45) is 5.84 Å². The number of nitrogens with zero attached hydrogens (tertiary/aromatic N) is 1. The van der Waals surface area contributed by atoms with E-state index in [9.17, 15) is 18.9 Å². The van der Waals surface area contributed by atoms with Crippen LogP contribution >= 0.6 is 0 Å². The molecule has 0 aliphatic rings. The molecule has 3 N–H and O–H groups in total. The highest BCUT2D eigenvalue weighted by Crippen LogP contribution is 2.24. The van der Waals surface area contributed by atoms with Crippen molar-refractivity contribution in [2.45, 2.75) is 6.61 Å². The maximum Gasteiger partial charge on any atom is 0.269 e. The van der Waals surface area contributed by atoms with Gasteiger partial charge in [-0.1, -0.05) is 0 Å². The highest BCUT2D eigenvalue weighted by molar-refractivity contribution is 5.55. The number of nitrogens with one attached hydrogen (secondary N) is 1. The van der Waals surface area contributed by atoms with E-state index in [1.165, 1.54) is 18.2 Å². The average molecular weight is 295 g/mol. The van der Waals surface area contributed by atoms with Crippen LogP contribution in [0.2, 0.25) is 0 Å². The molecule has 0 aliphatic carbocycles. The fraction of sp³-hybridized carbons (Fsp3) is 0.0769. The number of rotatable bonds is 5. The molecular weight excluding hydrogens is 284 g/mol. The van der Waals surface area contributed by atoms with Crippen LogP contribution < -0.4 is 16.0 Å². The third kappa shape index (κ3) is 3.42. The number of nitrogen functional groups attached to an aromatic ring is 1. The summed E-state index contributed by atoms with van der Waals surface area (Å²) in [7, 11) is 0. The molecule has 0 bridgehead atoms. The highest BCUT2D eigenvalue weighted by Gasteiger charge is 2.12. The second kappa shape index (κ2) is 6.14. The Morgan fingerprint density at radius 1 is 1.24 bits per heavy atom. The Labute approximate surface area is 118 Å². The van der Waals surface area contributed by atoms with E-state index in [0.717, 1.165) is 12.1 Å². The van der Waals surface area contributed by atoms with E-state index < -0.39 is 16.6 Å². The molecule has 8 heteroatoms. The van der Waals surface area contributed by atoms with Crippen LogP contribution in [0.5, 0.6) is 5.75 Å². The van der Waals surface area contributed by atoms with Gasteiger partial charge in [-0.3, -0.25) is 16.0 Å². The van der Waals surface area contributed by atoms with Crippen LogP contribution in [-0.4, -0.2) is 4.92 Å². The van der Waals surface area contributed by atoms with Gasteiger partial charge in [-0.25, -0.2) is 8.78 Å². The molecule has 6 nitrogen and oxygen atoms in total. The Kier molecular flexibility index (Phi) is 4.29. The van der Waals surface area contributed by atoms with Crippen molar-refractivity contribution >= 4 is 11.4 Å². The van der Waals surface area contributed by atoms with E-state index in [-0.39, 0.29) is 18.0 Å². The van der Waals surface area contributed by atoms with Gasteiger partial charge in [0.2, 0.25) is 0 Å². The highest BCUT2D eigenvalue weighted by atomic mass is 19.1. The molecule has 0 atom stereocenters. The number of non-ortho nitro benzene ring substituents is 1. The summed E-state index contributed by atoms with van der Waals surface area (Å²) >= 11 is 0. The second-order valence-corrected chi connectivity index (χ2v) is 4.11. The predicted molar refractivity (Wildman–Crippen MR) is 71.6 cm³/mol. The summed E-state index contributed by atoms with van der Waals surface area (Å²) < 4.78 is 31.4. The maximum atomic E-state index is 13.4. The van der Waals surface area contributed by atoms with Crippen molar-refractivity contribution < 1.29 is 18.4 Å². The van der Waals surface area contributed by atoms with Gasteiger partial charge >= 0.3 is 0 Å². The van der Waals surface area contributed by atoms with Crippen LogP contribution in [-0.2, 0) is 6.61 Å². The molecule has 0 aromatic heterocycles. The molecule has 2 rings (SSSR count). The number of hydrogen-bond acceptors (Lipinski definition) is 5. The molecule has 110 valence electrons. The average Bonchev–Trinajstić information content (AvgIpc) is 2.46. The molecular formula is C13H11F2N3O3. The van der Waals surface area contributed by atoms with E-state index in [1.54, 1.807) is 0 Å². The lowest BCUT2D eigenvalue weighted by Gasteiger charge is -2.11. The number of nitrogens with two attached hydrogens (primary N) is 1. The smallest absolute Gasteiger partial charge is 0.269 e. The summed E-state index contributed by atoms with van der Waals surface area (Å²) in [5.41, 5.74) is 3.00. The number of anilines is 1. The monoisotopic (exact) mass is 295 g/mol. The van der Waals surface area contributed by atoms with Crippen LogP contribution in [0.15, 0.2) is 36.4 Å². The SMILES string of the molecule is NNc1ccc([N+](=O)[O-])cc1COc1ccc(F)cc1F. The molecule has 0 saturated heterocycles. The van der Waals surface area contributed by atoms with Crippen molar-refractivity contribution in [3.63, 3.8) is 0 Å². The molecule has 0 saturated carbocycles. The van der Waals surface area contributed by atoms with E-state index in [2.05, 4.69) is 5.43 Å². The first kappa shape index (κ1) is 14.7. The lowest BCUT2D eigenvalue weighted by Crippen LogP contribution is -2.11. The van der Waals surface area contributed by atoms with Gasteiger partial charge in [0.25, 0.3) is 5.69 Å². The molecule has 0 amide bonds.